The van der Waals surface area contributed by atoms with E-state index in [4.69, 9.17) is 14.1 Å². The van der Waals surface area contributed by atoms with Gasteiger partial charge in [-0.15, -0.1) is 0 Å². The van der Waals surface area contributed by atoms with Gasteiger partial charge in [0.1, 0.15) is 17.4 Å². The van der Waals surface area contributed by atoms with Crippen LogP contribution in [0.3, 0.4) is 0 Å². The lowest BCUT2D eigenvalue weighted by molar-refractivity contribution is 0.239. The Kier molecular flexibility index (Phi) is 5.67. The van der Waals surface area contributed by atoms with Crippen LogP contribution in [0.25, 0.3) is 55.9 Å². The van der Waals surface area contributed by atoms with E-state index >= 15 is 0 Å². The zero-order valence-corrected chi connectivity index (χ0v) is 25.2. The minimum atomic E-state index is -0.0752. The smallest absolute Gasteiger partial charge is 0.227 e. The number of benzene rings is 6. The minimum absolute atomic E-state index is 0.00416. The second kappa shape index (κ2) is 9.80. The van der Waals surface area contributed by atoms with Crippen LogP contribution in [0.5, 0.6) is 5.75 Å². The van der Waals surface area contributed by atoms with Crippen LogP contribution in [0.2, 0.25) is 0 Å². The van der Waals surface area contributed by atoms with Gasteiger partial charge in [-0.05, 0) is 104 Å². The highest BCUT2D eigenvalue weighted by molar-refractivity contribution is 5.85. The third-order valence-corrected chi connectivity index (χ3v) is 9.63. The van der Waals surface area contributed by atoms with Crippen molar-refractivity contribution in [1.82, 2.24) is 4.98 Å². The molecule has 9 rings (SSSR count). The predicted octanol–water partition coefficient (Wildman–Crippen LogP) is 10.8. The zero-order valence-electron chi connectivity index (χ0n) is 25.2. The lowest BCUT2D eigenvalue weighted by Gasteiger charge is -2.21. The summed E-state index contributed by atoms with van der Waals surface area (Å²) < 4.78 is 12.7. The van der Waals surface area contributed by atoms with Gasteiger partial charge >= 0.3 is 0 Å². The highest BCUT2D eigenvalue weighted by Crippen LogP contribution is 2.49. The summed E-state index contributed by atoms with van der Waals surface area (Å²) in [5.41, 5.74) is 15.0. The molecule has 1 aliphatic carbocycles. The van der Waals surface area contributed by atoms with Crippen molar-refractivity contribution in [2.75, 3.05) is 0 Å². The Hall–Kier alpha value is -5.41. The molecule has 1 aliphatic heterocycles. The zero-order chi connectivity index (χ0) is 30.1. The van der Waals surface area contributed by atoms with Gasteiger partial charge < -0.3 is 9.15 Å². The SMILES string of the molecule is CC1(C)c2ccccc2-c2cc(-c3cccc(-c4cc(-c5nc6ccccc6o5)cc(C5Cc6ccccc6O5)c4)c3)ccc21. The molecule has 6 aromatic carbocycles. The molecule has 7 aromatic rings. The van der Waals surface area contributed by atoms with E-state index in [0.717, 1.165) is 45.5 Å². The lowest BCUT2D eigenvalue weighted by atomic mass is 9.82. The minimum Gasteiger partial charge on any atom is -0.485 e. The van der Waals surface area contributed by atoms with Crippen molar-refractivity contribution in [2.24, 2.45) is 0 Å². The molecule has 0 radical (unpaired) electrons. The van der Waals surface area contributed by atoms with E-state index in [2.05, 4.69) is 117 Å². The Bertz CT molecular complexity index is 2220. The van der Waals surface area contributed by atoms with Crippen LogP contribution in [0.4, 0.5) is 0 Å². The predicted molar refractivity (Wildman–Crippen MR) is 181 cm³/mol. The summed E-state index contributed by atoms with van der Waals surface area (Å²) in [5, 5.41) is 0. The quantitative estimate of drug-likeness (QED) is 0.207. The second-order valence-corrected chi connectivity index (χ2v) is 12.8. The van der Waals surface area contributed by atoms with Crippen molar-refractivity contribution >= 4 is 11.1 Å². The van der Waals surface area contributed by atoms with E-state index in [1.807, 2.05) is 30.3 Å². The van der Waals surface area contributed by atoms with Gasteiger partial charge in [-0.25, -0.2) is 4.98 Å². The Morgan fingerprint density at radius 2 is 1.31 bits per heavy atom. The lowest BCUT2D eigenvalue weighted by Crippen LogP contribution is -2.14. The second-order valence-electron chi connectivity index (χ2n) is 12.8. The molecule has 0 saturated heterocycles. The van der Waals surface area contributed by atoms with Crippen molar-refractivity contribution in [3.8, 4) is 50.6 Å². The fraction of sp³-hybridized carbons (Fsp3) is 0.119. The Morgan fingerprint density at radius 1 is 0.600 bits per heavy atom. The number of oxazole rings is 1. The van der Waals surface area contributed by atoms with Gasteiger partial charge in [-0.3, -0.25) is 0 Å². The summed E-state index contributed by atoms with van der Waals surface area (Å²) in [6, 6.07) is 47.5. The summed E-state index contributed by atoms with van der Waals surface area (Å²) in [6.07, 6.45) is 0.758. The van der Waals surface area contributed by atoms with E-state index in [0.29, 0.717) is 5.89 Å². The first-order valence-corrected chi connectivity index (χ1v) is 15.6. The summed E-state index contributed by atoms with van der Waals surface area (Å²) in [7, 11) is 0. The van der Waals surface area contributed by atoms with Crippen LogP contribution >= 0.6 is 0 Å². The molecule has 45 heavy (non-hydrogen) atoms. The maximum Gasteiger partial charge on any atom is 0.227 e. The molecule has 2 aliphatic rings. The molecule has 0 spiro atoms. The standard InChI is InChI=1S/C42H31NO2/c1-42(2)35-14-5-4-13-33(35)34-24-28(18-19-36(34)42)26-11-9-12-27(20-26)30-21-31(40-25-29-10-3-7-16-38(29)44-40)23-32(22-30)41-43-37-15-6-8-17-39(37)45-41/h3-24,40H,25H2,1-2H3. The van der Waals surface area contributed by atoms with Gasteiger partial charge in [0, 0.05) is 17.4 Å². The van der Waals surface area contributed by atoms with Crippen molar-refractivity contribution in [3.05, 3.63) is 156 Å². The number of rotatable bonds is 4. The Labute approximate surface area is 262 Å². The number of fused-ring (bicyclic) bond motifs is 5. The van der Waals surface area contributed by atoms with E-state index in [1.54, 1.807) is 0 Å². The number of hydrogen-bond acceptors (Lipinski definition) is 3. The van der Waals surface area contributed by atoms with Gasteiger partial charge in [0.05, 0.1) is 0 Å². The average molecular weight is 582 g/mol. The van der Waals surface area contributed by atoms with E-state index in [1.165, 1.54) is 38.9 Å². The maximum absolute atomic E-state index is 6.46. The fourth-order valence-corrected chi connectivity index (χ4v) is 7.27. The van der Waals surface area contributed by atoms with Crippen LogP contribution in [0.1, 0.15) is 42.2 Å². The third kappa shape index (κ3) is 4.22. The van der Waals surface area contributed by atoms with Crippen LogP contribution in [0.15, 0.2) is 138 Å². The van der Waals surface area contributed by atoms with Crippen LogP contribution < -0.4 is 4.74 Å². The maximum atomic E-state index is 6.46. The molecule has 0 amide bonds. The van der Waals surface area contributed by atoms with Crippen LogP contribution in [-0.2, 0) is 11.8 Å². The normalized spacial score (nSPS) is 15.8. The van der Waals surface area contributed by atoms with Crippen molar-refractivity contribution in [1.29, 1.82) is 0 Å². The largest absolute Gasteiger partial charge is 0.485 e. The van der Waals surface area contributed by atoms with Crippen LogP contribution in [-0.4, -0.2) is 4.98 Å². The number of ether oxygens (including phenoxy) is 1. The molecule has 0 bridgehead atoms. The molecule has 1 unspecified atom stereocenters. The van der Waals surface area contributed by atoms with Gasteiger partial charge in [0.2, 0.25) is 5.89 Å². The molecule has 3 nitrogen and oxygen atoms in total. The van der Waals surface area contributed by atoms with Gasteiger partial charge in [-0.2, -0.15) is 0 Å². The summed E-state index contributed by atoms with van der Waals surface area (Å²) >= 11 is 0. The van der Waals surface area contributed by atoms with Gasteiger partial charge in [0.25, 0.3) is 0 Å². The summed E-state index contributed by atoms with van der Waals surface area (Å²) in [5.74, 6) is 1.57. The van der Waals surface area contributed by atoms with Gasteiger partial charge in [-0.1, -0.05) is 98.8 Å². The number of aromatic nitrogens is 1. The number of nitrogens with zero attached hydrogens (tertiary/aromatic N) is 1. The van der Waals surface area contributed by atoms with E-state index < -0.39 is 0 Å². The monoisotopic (exact) mass is 581 g/mol. The molecule has 1 aromatic heterocycles. The highest BCUT2D eigenvalue weighted by atomic mass is 16.5. The molecule has 0 saturated carbocycles. The summed E-state index contributed by atoms with van der Waals surface area (Å²) in [6.45, 7) is 4.65. The topological polar surface area (TPSA) is 35.3 Å². The molecular weight excluding hydrogens is 550 g/mol. The Balaban J connectivity index is 1.15. The molecule has 1 atom stereocenters. The first-order valence-electron chi connectivity index (χ1n) is 15.6. The van der Waals surface area contributed by atoms with Crippen molar-refractivity contribution in [3.63, 3.8) is 0 Å². The number of hydrogen-bond donors (Lipinski definition) is 0. The van der Waals surface area contributed by atoms with Crippen molar-refractivity contribution < 1.29 is 9.15 Å². The molecule has 0 fully saturated rings. The molecular formula is C42H31NO2. The molecule has 2 heterocycles. The fourth-order valence-electron chi connectivity index (χ4n) is 7.27. The average Bonchev–Trinajstić information content (AvgIpc) is 3.78. The molecule has 0 N–H and O–H groups in total. The molecule has 216 valence electrons. The van der Waals surface area contributed by atoms with Crippen LogP contribution in [0, 0.1) is 0 Å². The van der Waals surface area contributed by atoms with Gasteiger partial charge in [0.15, 0.2) is 5.58 Å². The Morgan fingerprint density at radius 3 is 2.20 bits per heavy atom. The first-order chi connectivity index (χ1) is 22.0. The first kappa shape index (κ1) is 26.0. The van der Waals surface area contributed by atoms with E-state index in [-0.39, 0.29) is 11.5 Å². The summed E-state index contributed by atoms with van der Waals surface area (Å²) in [4.78, 5) is 4.85. The van der Waals surface area contributed by atoms with E-state index in [9.17, 15) is 0 Å². The van der Waals surface area contributed by atoms with Crippen molar-refractivity contribution in [2.45, 2.75) is 31.8 Å². The molecule has 3 heteroatoms. The number of para-hydroxylation sites is 3. The highest BCUT2D eigenvalue weighted by Gasteiger charge is 2.35. The third-order valence-electron chi connectivity index (χ3n) is 9.63.